The summed E-state index contributed by atoms with van der Waals surface area (Å²) in [5.41, 5.74) is 2.88. The zero-order valence-corrected chi connectivity index (χ0v) is 10.5. The lowest BCUT2D eigenvalue weighted by Crippen LogP contribution is -2.30. The Balaban J connectivity index is 1.69. The number of hydrogen-bond acceptors (Lipinski definition) is 2. The molecule has 0 radical (unpaired) electrons. The van der Waals surface area contributed by atoms with Crippen LogP contribution in [0.15, 0.2) is 18.2 Å². The third kappa shape index (κ3) is 2.47. The lowest BCUT2D eigenvalue weighted by molar-refractivity contribution is 0.254. The number of rotatable bonds is 2. The largest absolute Gasteiger partial charge is 0.490 e. The Labute approximate surface area is 103 Å². The minimum absolute atomic E-state index is 0.358. The molecule has 2 atom stereocenters. The second-order valence-corrected chi connectivity index (χ2v) is 5.49. The second-order valence-electron chi connectivity index (χ2n) is 5.49. The smallest absolute Gasteiger partial charge is 0.123 e. The molecule has 1 saturated heterocycles. The van der Waals surface area contributed by atoms with Gasteiger partial charge in [-0.05, 0) is 62.4 Å². The van der Waals surface area contributed by atoms with E-state index in [1.807, 2.05) is 0 Å². The van der Waals surface area contributed by atoms with Gasteiger partial charge in [-0.25, -0.2) is 0 Å². The normalized spacial score (nSPS) is 27.6. The van der Waals surface area contributed by atoms with Gasteiger partial charge in [0.2, 0.25) is 0 Å². The molecule has 0 aromatic heterocycles. The minimum atomic E-state index is 0.358. The van der Waals surface area contributed by atoms with Gasteiger partial charge in [-0.2, -0.15) is 0 Å². The van der Waals surface area contributed by atoms with E-state index >= 15 is 0 Å². The Morgan fingerprint density at radius 2 is 2.35 bits per heavy atom. The fourth-order valence-corrected chi connectivity index (χ4v) is 3.03. The van der Waals surface area contributed by atoms with Crippen molar-refractivity contribution in [3.63, 3.8) is 0 Å². The van der Waals surface area contributed by atoms with Crippen LogP contribution in [0.5, 0.6) is 5.75 Å². The highest BCUT2D eigenvalue weighted by molar-refractivity contribution is 5.40. The average Bonchev–Trinajstić information content (AvgIpc) is 2.70. The first-order valence-corrected chi connectivity index (χ1v) is 6.80. The van der Waals surface area contributed by atoms with Gasteiger partial charge in [0.15, 0.2) is 0 Å². The Morgan fingerprint density at radius 3 is 3.18 bits per heavy atom. The van der Waals surface area contributed by atoms with Crippen LogP contribution in [0.4, 0.5) is 0 Å². The predicted molar refractivity (Wildman–Crippen MR) is 69.5 cm³/mol. The van der Waals surface area contributed by atoms with E-state index in [0.717, 1.165) is 18.1 Å². The molecule has 0 spiro atoms. The van der Waals surface area contributed by atoms with Crippen LogP contribution in [0.25, 0.3) is 0 Å². The zero-order valence-electron chi connectivity index (χ0n) is 10.5. The van der Waals surface area contributed by atoms with Gasteiger partial charge in [0, 0.05) is 6.42 Å². The van der Waals surface area contributed by atoms with Crippen LogP contribution >= 0.6 is 0 Å². The Bertz CT molecular complexity index is 396. The van der Waals surface area contributed by atoms with Gasteiger partial charge in [0.1, 0.15) is 11.9 Å². The van der Waals surface area contributed by atoms with E-state index in [9.17, 15) is 0 Å². The number of hydrogen-bond donors (Lipinski definition) is 1. The summed E-state index contributed by atoms with van der Waals surface area (Å²) in [5.74, 6) is 1.92. The van der Waals surface area contributed by atoms with Crippen LogP contribution < -0.4 is 10.1 Å². The summed E-state index contributed by atoms with van der Waals surface area (Å²) in [5, 5.41) is 3.49. The molecule has 1 aromatic carbocycles. The summed E-state index contributed by atoms with van der Waals surface area (Å²) >= 11 is 0. The fourth-order valence-electron chi connectivity index (χ4n) is 3.03. The highest BCUT2D eigenvalue weighted by Crippen LogP contribution is 2.30. The molecular formula is C15H21NO. The summed E-state index contributed by atoms with van der Waals surface area (Å²) in [4.78, 5) is 0. The first-order chi connectivity index (χ1) is 8.31. The first-order valence-electron chi connectivity index (χ1n) is 6.80. The van der Waals surface area contributed by atoms with E-state index in [1.54, 1.807) is 0 Å². The van der Waals surface area contributed by atoms with Gasteiger partial charge in [-0.15, -0.1) is 0 Å². The van der Waals surface area contributed by atoms with E-state index in [1.165, 1.54) is 43.5 Å². The summed E-state index contributed by atoms with van der Waals surface area (Å²) in [6, 6.07) is 6.75. The van der Waals surface area contributed by atoms with Crippen molar-refractivity contribution in [2.75, 3.05) is 13.1 Å². The molecule has 0 saturated carbocycles. The molecule has 1 fully saturated rings. The van der Waals surface area contributed by atoms with Crippen molar-refractivity contribution >= 4 is 0 Å². The predicted octanol–water partition coefficient (Wildman–Crippen LogP) is 2.55. The van der Waals surface area contributed by atoms with E-state index in [4.69, 9.17) is 4.74 Å². The molecule has 1 aromatic rings. The third-order valence-electron chi connectivity index (χ3n) is 3.88. The molecule has 3 rings (SSSR count). The Morgan fingerprint density at radius 1 is 1.41 bits per heavy atom. The average molecular weight is 231 g/mol. The quantitative estimate of drug-likeness (QED) is 0.844. The SMILES string of the molecule is CC1Cc2cc(CC3CCCNC3)ccc2O1. The maximum Gasteiger partial charge on any atom is 0.123 e. The maximum atomic E-state index is 5.74. The van der Waals surface area contributed by atoms with Gasteiger partial charge < -0.3 is 10.1 Å². The molecule has 2 aliphatic rings. The van der Waals surface area contributed by atoms with Crippen molar-refractivity contribution in [3.8, 4) is 5.75 Å². The lowest BCUT2D eigenvalue weighted by atomic mass is 9.91. The molecule has 17 heavy (non-hydrogen) atoms. The van der Waals surface area contributed by atoms with Crippen LogP contribution in [0.3, 0.4) is 0 Å². The second kappa shape index (κ2) is 4.69. The standard InChI is InChI=1S/C15H21NO/c1-11-7-14-9-12(4-5-15(14)17-11)8-13-3-2-6-16-10-13/h4-5,9,11,13,16H,2-3,6-8,10H2,1H3. The van der Waals surface area contributed by atoms with Crippen LogP contribution in [0, 0.1) is 5.92 Å². The van der Waals surface area contributed by atoms with Crippen molar-refractivity contribution < 1.29 is 4.74 Å². The van der Waals surface area contributed by atoms with Crippen LogP contribution in [0.2, 0.25) is 0 Å². The molecular weight excluding hydrogens is 210 g/mol. The van der Waals surface area contributed by atoms with Crippen molar-refractivity contribution in [1.82, 2.24) is 5.32 Å². The summed E-state index contributed by atoms with van der Waals surface area (Å²) in [6.07, 6.45) is 5.35. The number of benzene rings is 1. The van der Waals surface area contributed by atoms with Crippen molar-refractivity contribution in [2.24, 2.45) is 5.92 Å². The number of piperidine rings is 1. The molecule has 0 aliphatic carbocycles. The van der Waals surface area contributed by atoms with Gasteiger partial charge in [-0.3, -0.25) is 0 Å². The lowest BCUT2D eigenvalue weighted by Gasteiger charge is -2.22. The molecule has 2 heterocycles. The van der Waals surface area contributed by atoms with Crippen LogP contribution in [0.1, 0.15) is 30.9 Å². The van der Waals surface area contributed by atoms with Crippen molar-refractivity contribution in [3.05, 3.63) is 29.3 Å². The number of nitrogens with one attached hydrogen (secondary N) is 1. The fraction of sp³-hybridized carbons (Fsp3) is 0.600. The maximum absolute atomic E-state index is 5.74. The number of ether oxygens (including phenoxy) is 1. The summed E-state index contributed by atoms with van der Waals surface area (Å²) in [7, 11) is 0. The van der Waals surface area contributed by atoms with E-state index in [2.05, 4.69) is 30.4 Å². The van der Waals surface area contributed by atoms with Gasteiger partial charge in [0.05, 0.1) is 0 Å². The molecule has 92 valence electrons. The zero-order chi connectivity index (χ0) is 11.7. The van der Waals surface area contributed by atoms with Crippen LogP contribution in [-0.2, 0) is 12.8 Å². The summed E-state index contributed by atoms with van der Waals surface area (Å²) in [6.45, 7) is 4.53. The highest BCUT2D eigenvalue weighted by atomic mass is 16.5. The number of fused-ring (bicyclic) bond motifs is 1. The van der Waals surface area contributed by atoms with Gasteiger partial charge >= 0.3 is 0 Å². The molecule has 2 aliphatic heterocycles. The monoisotopic (exact) mass is 231 g/mol. The Hall–Kier alpha value is -1.02. The van der Waals surface area contributed by atoms with E-state index < -0.39 is 0 Å². The Kier molecular flexibility index (Phi) is 3.06. The van der Waals surface area contributed by atoms with Crippen molar-refractivity contribution in [1.29, 1.82) is 0 Å². The minimum Gasteiger partial charge on any atom is -0.490 e. The topological polar surface area (TPSA) is 21.3 Å². The third-order valence-corrected chi connectivity index (χ3v) is 3.88. The van der Waals surface area contributed by atoms with E-state index in [-0.39, 0.29) is 0 Å². The molecule has 0 amide bonds. The molecule has 2 nitrogen and oxygen atoms in total. The van der Waals surface area contributed by atoms with Crippen molar-refractivity contribution in [2.45, 2.75) is 38.7 Å². The van der Waals surface area contributed by atoms with Gasteiger partial charge in [0.25, 0.3) is 0 Å². The molecule has 0 bridgehead atoms. The van der Waals surface area contributed by atoms with E-state index in [0.29, 0.717) is 6.10 Å². The first kappa shape index (κ1) is 11.1. The van der Waals surface area contributed by atoms with Crippen LogP contribution in [-0.4, -0.2) is 19.2 Å². The summed E-state index contributed by atoms with van der Waals surface area (Å²) < 4.78 is 5.74. The van der Waals surface area contributed by atoms with Gasteiger partial charge in [-0.1, -0.05) is 12.1 Å². The highest BCUT2D eigenvalue weighted by Gasteiger charge is 2.20. The molecule has 1 N–H and O–H groups in total. The molecule has 2 unspecified atom stereocenters. The molecule has 2 heteroatoms.